The van der Waals surface area contributed by atoms with Gasteiger partial charge < -0.3 is 10.6 Å². The fraction of sp³-hybridized carbons (Fsp3) is 0.333. The van der Waals surface area contributed by atoms with Crippen molar-refractivity contribution in [3.05, 3.63) is 40.9 Å². The van der Waals surface area contributed by atoms with Crippen molar-refractivity contribution in [3.8, 4) is 0 Å². The second kappa shape index (κ2) is 8.10. The lowest BCUT2D eigenvalue weighted by atomic mass is 10.1. The van der Waals surface area contributed by atoms with Crippen LogP contribution in [0.5, 0.6) is 0 Å². The van der Waals surface area contributed by atoms with Gasteiger partial charge in [-0.2, -0.15) is 0 Å². The monoisotopic (exact) mass is 322 g/mol. The van der Waals surface area contributed by atoms with Gasteiger partial charge in [0.2, 0.25) is 0 Å². The zero-order valence-corrected chi connectivity index (χ0v) is 13.8. The summed E-state index contributed by atoms with van der Waals surface area (Å²) in [6.45, 7) is 3.71. The number of benzene rings is 1. The first-order chi connectivity index (χ1) is 10.2. The molecule has 0 aliphatic heterocycles. The van der Waals surface area contributed by atoms with Gasteiger partial charge in [-0.15, -0.1) is 0 Å². The van der Waals surface area contributed by atoms with Crippen LogP contribution in [0.25, 0.3) is 0 Å². The molecule has 0 saturated carbocycles. The zero-order chi connectivity index (χ0) is 15.1. The number of hydrogen-bond donors (Lipinski definition) is 2. The van der Waals surface area contributed by atoms with Crippen LogP contribution in [0.15, 0.2) is 35.5 Å². The predicted molar refractivity (Wildman–Crippen MR) is 91.6 cm³/mol. The van der Waals surface area contributed by atoms with E-state index >= 15 is 0 Å². The fourth-order valence-corrected chi connectivity index (χ4v) is 2.37. The first-order valence-electron chi connectivity index (χ1n) is 6.86. The van der Waals surface area contributed by atoms with Gasteiger partial charge in [0.05, 0.1) is 0 Å². The van der Waals surface area contributed by atoms with Crippen molar-refractivity contribution in [3.63, 3.8) is 0 Å². The van der Waals surface area contributed by atoms with Crippen molar-refractivity contribution in [2.45, 2.75) is 18.5 Å². The van der Waals surface area contributed by atoms with Crippen molar-refractivity contribution in [2.24, 2.45) is 0 Å². The molecule has 0 fully saturated rings. The maximum atomic E-state index is 5.88. The van der Waals surface area contributed by atoms with Gasteiger partial charge in [0.15, 0.2) is 5.16 Å². The van der Waals surface area contributed by atoms with Gasteiger partial charge in [0.25, 0.3) is 0 Å². The van der Waals surface area contributed by atoms with Crippen LogP contribution in [0, 0.1) is 0 Å². The summed E-state index contributed by atoms with van der Waals surface area (Å²) in [4.78, 5) is 8.86. The maximum absolute atomic E-state index is 5.88. The number of hydrogen-bond acceptors (Lipinski definition) is 5. The number of aromatic nitrogens is 2. The van der Waals surface area contributed by atoms with E-state index in [0.717, 1.165) is 41.3 Å². The maximum Gasteiger partial charge on any atom is 0.191 e. The molecule has 112 valence electrons. The van der Waals surface area contributed by atoms with Crippen LogP contribution in [0.1, 0.15) is 12.5 Å². The Bertz CT molecular complexity index is 574. The van der Waals surface area contributed by atoms with Gasteiger partial charge in [-0.05, 0) is 37.3 Å². The van der Waals surface area contributed by atoms with Gasteiger partial charge in [-0.25, -0.2) is 9.97 Å². The van der Waals surface area contributed by atoms with E-state index in [-0.39, 0.29) is 0 Å². The molecule has 0 unspecified atom stereocenters. The number of rotatable bonds is 7. The Labute approximate surface area is 134 Å². The van der Waals surface area contributed by atoms with Gasteiger partial charge in [-0.3, -0.25) is 0 Å². The molecule has 2 rings (SSSR count). The van der Waals surface area contributed by atoms with Gasteiger partial charge in [-0.1, -0.05) is 35.5 Å². The minimum absolute atomic E-state index is 0.766. The first kappa shape index (κ1) is 15.9. The van der Waals surface area contributed by atoms with Gasteiger partial charge in [0.1, 0.15) is 11.6 Å². The summed E-state index contributed by atoms with van der Waals surface area (Å²) in [6.07, 6.45) is 2.90. The van der Waals surface area contributed by atoms with E-state index in [1.165, 1.54) is 17.3 Å². The first-order valence-corrected chi connectivity index (χ1v) is 8.46. The standard InChI is InChI=1S/C15H19ClN4S/c1-3-17-13-10-14(20-15(19-13)21-2)18-9-8-11-4-6-12(16)7-5-11/h4-7,10H,3,8-9H2,1-2H3,(H2,17,18,19,20). The third-order valence-electron chi connectivity index (χ3n) is 2.88. The Morgan fingerprint density at radius 3 is 2.38 bits per heavy atom. The van der Waals surface area contributed by atoms with E-state index in [2.05, 4.69) is 27.5 Å². The second-order valence-corrected chi connectivity index (χ2v) is 5.67. The summed E-state index contributed by atoms with van der Waals surface area (Å²) in [5.41, 5.74) is 1.25. The van der Waals surface area contributed by atoms with Crippen LogP contribution < -0.4 is 10.6 Å². The predicted octanol–water partition coefficient (Wildman–Crippen LogP) is 3.94. The minimum atomic E-state index is 0.766. The molecule has 0 aliphatic rings. The van der Waals surface area contributed by atoms with E-state index in [4.69, 9.17) is 11.6 Å². The van der Waals surface area contributed by atoms with Crippen molar-refractivity contribution >= 4 is 35.0 Å². The fourth-order valence-electron chi connectivity index (χ4n) is 1.86. The lowest BCUT2D eigenvalue weighted by Gasteiger charge is -2.09. The number of nitrogens with zero attached hydrogens (tertiary/aromatic N) is 2. The van der Waals surface area contributed by atoms with Crippen molar-refractivity contribution < 1.29 is 0 Å². The van der Waals surface area contributed by atoms with Crippen LogP contribution in [0.4, 0.5) is 11.6 Å². The van der Waals surface area contributed by atoms with Crippen LogP contribution >= 0.6 is 23.4 Å². The Morgan fingerprint density at radius 1 is 1.10 bits per heavy atom. The number of halogens is 1. The molecule has 0 radical (unpaired) electrons. The molecule has 6 heteroatoms. The van der Waals surface area contributed by atoms with E-state index in [1.54, 1.807) is 0 Å². The summed E-state index contributed by atoms with van der Waals surface area (Å²) in [5, 5.41) is 8.09. The van der Waals surface area contributed by atoms with Crippen molar-refractivity contribution in [2.75, 3.05) is 30.0 Å². The number of anilines is 2. The summed E-state index contributed by atoms with van der Waals surface area (Å²) < 4.78 is 0. The molecular formula is C15H19ClN4S. The molecule has 1 aromatic heterocycles. The molecule has 0 aliphatic carbocycles. The van der Waals surface area contributed by atoms with Crippen LogP contribution in [-0.4, -0.2) is 29.3 Å². The minimum Gasteiger partial charge on any atom is -0.370 e. The average molecular weight is 323 g/mol. The van der Waals surface area contributed by atoms with Crippen molar-refractivity contribution in [1.82, 2.24) is 9.97 Å². The zero-order valence-electron chi connectivity index (χ0n) is 12.2. The SMILES string of the molecule is CCNc1cc(NCCc2ccc(Cl)cc2)nc(SC)n1. The molecule has 0 saturated heterocycles. The molecule has 4 nitrogen and oxygen atoms in total. The quantitative estimate of drug-likeness (QED) is 0.597. The molecule has 1 aromatic carbocycles. The third kappa shape index (κ3) is 5.10. The highest BCUT2D eigenvalue weighted by Gasteiger charge is 2.03. The topological polar surface area (TPSA) is 49.8 Å². The van der Waals surface area contributed by atoms with E-state index < -0.39 is 0 Å². The summed E-state index contributed by atoms with van der Waals surface area (Å²) in [7, 11) is 0. The summed E-state index contributed by atoms with van der Waals surface area (Å²) >= 11 is 7.42. The molecule has 0 spiro atoms. The van der Waals surface area contributed by atoms with E-state index in [0.29, 0.717) is 0 Å². The van der Waals surface area contributed by atoms with Gasteiger partial charge in [0, 0.05) is 24.2 Å². The van der Waals surface area contributed by atoms with E-state index in [9.17, 15) is 0 Å². The smallest absolute Gasteiger partial charge is 0.191 e. The average Bonchev–Trinajstić information content (AvgIpc) is 2.49. The normalized spacial score (nSPS) is 10.4. The number of thioether (sulfide) groups is 1. The second-order valence-electron chi connectivity index (χ2n) is 4.46. The molecule has 0 atom stereocenters. The Morgan fingerprint density at radius 2 is 1.76 bits per heavy atom. The highest BCUT2D eigenvalue weighted by molar-refractivity contribution is 7.98. The van der Waals surface area contributed by atoms with Crippen LogP contribution in [0.3, 0.4) is 0 Å². The van der Waals surface area contributed by atoms with E-state index in [1.807, 2.05) is 36.6 Å². The summed E-state index contributed by atoms with van der Waals surface area (Å²) in [6, 6.07) is 9.85. The third-order valence-corrected chi connectivity index (χ3v) is 3.68. The van der Waals surface area contributed by atoms with Crippen LogP contribution in [0.2, 0.25) is 5.02 Å². The molecule has 2 aromatic rings. The highest BCUT2D eigenvalue weighted by atomic mass is 35.5. The Kier molecular flexibility index (Phi) is 6.14. The molecule has 1 heterocycles. The summed E-state index contributed by atoms with van der Waals surface area (Å²) in [5.74, 6) is 1.70. The Hall–Kier alpha value is -1.46. The number of nitrogens with one attached hydrogen (secondary N) is 2. The largest absolute Gasteiger partial charge is 0.370 e. The Balaban J connectivity index is 1.95. The lowest BCUT2D eigenvalue weighted by molar-refractivity contribution is 0.937. The van der Waals surface area contributed by atoms with Crippen LogP contribution in [-0.2, 0) is 6.42 Å². The van der Waals surface area contributed by atoms with Crippen molar-refractivity contribution in [1.29, 1.82) is 0 Å². The molecule has 21 heavy (non-hydrogen) atoms. The molecular weight excluding hydrogens is 304 g/mol. The molecule has 2 N–H and O–H groups in total. The molecule has 0 bridgehead atoms. The van der Waals surface area contributed by atoms with Gasteiger partial charge >= 0.3 is 0 Å². The molecule has 0 amide bonds. The highest BCUT2D eigenvalue weighted by Crippen LogP contribution is 2.17. The lowest BCUT2D eigenvalue weighted by Crippen LogP contribution is -2.09.